The molecule has 136 valence electrons. The summed E-state index contributed by atoms with van der Waals surface area (Å²) in [5.74, 6) is -0.341. The molecule has 5 aromatic rings. The Labute approximate surface area is 158 Å². The van der Waals surface area contributed by atoms with Crippen LogP contribution in [0.15, 0.2) is 86.8 Å². The summed E-state index contributed by atoms with van der Waals surface area (Å²) in [5.41, 5.74) is 1.39. The minimum Gasteiger partial charge on any atom is -0.455 e. The summed E-state index contributed by atoms with van der Waals surface area (Å²) < 4.78 is 20.8. The maximum absolute atomic E-state index is 13.3. The van der Waals surface area contributed by atoms with Crippen LogP contribution < -0.4 is 11.0 Å². The number of nitrogens with zero attached hydrogens (tertiary/aromatic N) is 1. The maximum atomic E-state index is 13.3. The molecule has 5 heteroatoms. The number of benzene rings is 3. The van der Waals surface area contributed by atoms with Gasteiger partial charge in [0.2, 0.25) is 5.43 Å². The van der Waals surface area contributed by atoms with Crippen molar-refractivity contribution in [2.24, 2.45) is 0 Å². The summed E-state index contributed by atoms with van der Waals surface area (Å²) in [6, 6.07) is 20.2. The molecule has 0 aliphatic carbocycles. The van der Waals surface area contributed by atoms with E-state index in [4.69, 9.17) is 4.42 Å². The molecule has 0 saturated heterocycles. The number of rotatable bonds is 2. The summed E-state index contributed by atoms with van der Waals surface area (Å²) in [5, 5.41) is 1.08. The quantitative estimate of drug-likeness (QED) is 0.340. The van der Waals surface area contributed by atoms with Crippen LogP contribution in [0, 0.1) is 5.82 Å². The van der Waals surface area contributed by atoms with Gasteiger partial charge in [-0.05, 0) is 42.0 Å². The van der Waals surface area contributed by atoms with Gasteiger partial charge in [-0.3, -0.25) is 9.59 Å². The Morgan fingerprint density at radius 2 is 1.50 bits per heavy atom. The Hall–Kier alpha value is -3.73. The smallest absolute Gasteiger partial charge is 0.266 e. The number of hydrogen-bond acceptors (Lipinski definition) is 3. The standard InChI is InChI=1S/C23H14FNO3/c24-15-11-9-14(10-12-15)13-25-18-7-3-1-5-16(18)22-20(23(25)27)21(26)17-6-2-4-8-19(17)28-22/h1-12H,13H2. The third kappa shape index (κ3) is 2.44. The van der Waals surface area contributed by atoms with Crippen molar-refractivity contribution in [3.63, 3.8) is 0 Å². The summed E-state index contributed by atoms with van der Waals surface area (Å²) in [6.07, 6.45) is 0. The van der Waals surface area contributed by atoms with Crippen molar-refractivity contribution < 1.29 is 8.81 Å². The van der Waals surface area contributed by atoms with E-state index in [1.807, 2.05) is 24.3 Å². The zero-order valence-electron chi connectivity index (χ0n) is 14.7. The molecular formula is C23H14FNO3. The summed E-state index contributed by atoms with van der Waals surface area (Å²) in [6.45, 7) is 0.224. The summed E-state index contributed by atoms with van der Waals surface area (Å²) >= 11 is 0. The van der Waals surface area contributed by atoms with Crippen molar-refractivity contribution in [3.8, 4) is 0 Å². The van der Waals surface area contributed by atoms with Crippen LogP contribution >= 0.6 is 0 Å². The van der Waals surface area contributed by atoms with Gasteiger partial charge in [-0.25, -0.2) is 4.39 Å². The molecule has 0 aliphatic rings. The first kappa shape index (κ1) is 16.4. The molecule has 0 bridgehead atoms. The first-order chi connectivity index (χ1) is 13.6. The average molecular weight is 371 g/mol. The van der Waals surface area contributed by atoms with Crippen LogP contribution in [0.3, 0.4) is 0 Å². The van der Waals surface area contributed by atoms with Crippen molar-refractivity contribution in [1.82, 2.24) is 4.57 Å². The van der Waals surface area contributed by atoms with Crippen LogP contribution in [0.1, 0.15) is 5.56 Å². The number of hydrogen-bond donors (Lipinski definition) is 0. The minimum absolute atomic E-state index is 0.0273. The average Bonchev–Trinajstić information content (AvgIpc) is 2.72. The normalized spacial score (nSPS) is 11.5. The minimum atomic E-state index is -0.419. The van der Waals surface area contributed by atoms with E-state index in [9.17, 15) is 14.0 Å². The first-order valence-corrected chi connectivity index (χ1v) is 8.85. The van der Waals surface area contributed by atoms with E-state index < -0.39 is 5.56 Å². The lowest BCUT2D eigenvalue weighted by Crippen LogP contribution is -2.25. The molecule has 0 unspecified atom stereocenters. The Morgan fingerprint density at radius 3 is 2.29 bits per heavy atom. The summed E-state index contributed by atoms with van der Waals surface area (Å²) in [7, 11) is 0. The highest BCUT2D eigenvalue weighted by atomic mass is 19.1. The van der Waals surface area contributed by atoms with E-state index in [-0.39, 0.29) is 23.2 Å². The van der Waals surface area contributed by atoms with Crippen LogP contribution in [0.25, 0.3) is 32.8 Å². The number of halogens is 1. The van der Waals surface area contributed by atoms with Gasteiger partial charge in [0.1, 0.15) is 16.8 Å². The first-order valence-electron chi connectivity index (χ1n) is 8.85. The third-order valence-corrected chi connectivity index (χ3v) is 4.95. The topological polar surface area (TPSA) is 52.2 Å². The van der Waals surface area contributed by atoms with Crippen molar-refractivity contribution in [2.75, 3.05) is 0 Å². The second-order valence-corrected chi connectivity index (χ2v) is 6.67. The van der Waals surface area contributed by atoms with Crippen LogP contribution in [0.5, 0.6) is 0 Å². The molecular weight excluding hydrogens is 357 g/mol. The van der Waals surface area contributed by atoms with Crippen molar-refractivity contribution in [1.29, 1.82) is 0 Å². The van der Waals surface area contributed by atoms with Gasteiger partial charge in [0.05, 0.1) is 17.4 Å². The predicted octanol–water partition coefficient (Wildman–Crippen LogP) is 4.45. The van der Waals surface area contributed by atoms with E-state index >= 15 is 0 Å². The number of fused-ring (bicyclic) bond motifs is 4. The van der Waals surface area contributed by atoms with Crippen LogP contribution in [-0.2, 0) is 6.54 Å². The van der Waals surface area contributed by atoms with Gasteiger partial charge in [-0.15, -0.1) is 0 Å². The van der Waals surface area contributed by atoms with Gasteiger partial charge < -0.3 is 8.98 Å². The van der Waals surface area contributed by atoms with Crippen LogP contribution in [0.2, 0.25) is 0 Å². The zero-order valence-corrected chi connectivity index (χ0v) is 14.7. The van der Waals surface area contributed by atoms with Crippen molar-refractivity contribution in [3.05, 3.63) is 105 Å². The Bertz CT molecular complexity index is 1480. The molecule has 3 aromatic carbocycles. The largest absolute Gasteiger partial charge is 0.455 e. The van der Waals surface area contributed by atoms with E-state index in [1.54, 1.807) is 36.4 Å². The van der Waals surface area contributed by atoms with E-state index in [0.717, 1.165) is 5.56 Å². The van der Waals surface area contributed by atoms with E-state index in [1.165, 1.54) is 16.7 Å². The molecule has 2 aromatic heterocycles. The van der Waals surface area contributed by atoms with Crippen molar-refractivity contribution in [2.45, 2.75) is 6.54 Å². The molecule has 0 fully saturated rings. The van der Waals surface area contributed by atoms with E-state index in [0.29, 0.717) is 27.5 Å². The van der Waals surface area contributed by atoms with Crippen molar-refractivity contribution >= 4 is 32.8 Å². The van der Waals surface area contributed by atoms with Crippen LogP contribution in [-0.4, -0.2) is 4.57 Å². The molecule has 0 aliphatic heterocycles. The predicted molar refractivity (Wildman–Crippen MR) is 107 cm³/mol. The van der Waals surface area contributed by atoms with Gasteiger partial charge in [-0.1, -0.05) is 36.4 Å². The van der Waals surface area contributed by atoms with Gasteiger partial charge in [0.15, 0.2) is 5.58 Å². The SMILES string of the molecule is O=c1c2ccccc2oc2c1c(=O)n(Cc1ccc(F)cc1)c1ccccc21. The molecule has 0 atom stereocenters. The maximum Gasteiger partial charge on any atom is 0.266 e. The van der Waals surface area contributed by atoms with Gasteiger partial charge >= 0.3 is 0 Å². The fourth-order valence-electron chi connectivity index (χ4n) is 3.60. The molecule has 0 N–H and O–H groups in total. The fraction of sp³-hybridized carbons (Fsp3) is 0.0435. The molecule has 0 amide bonds. The molecule has 2 heterocycles. The molecule has 5 rings (SSSR count). The zero-order chi connectivity index (χ0) is 19.3. The molecule has 0 spiro atoms. The second-order valence-electron chi connectivity index (χ2n) is 6.67. The number of para-hydroxylation sites is 2. The molecule has 0 saturated carbocycles. The highest BCUT2D eigenvalue weighted by Crippen LogP contribution is 2.25. The molecule has 4 nitrogen and oxygen atoms in total. The Morgan fingerprint density at radius 1 is 0.821 bits per heavy atom. The monoisotopic (exact) mass is 371 g/mol. The Kier molecular flexibility index (Phi) is 3.62. The lowest BCUT2D eigenvalue weighted by atomic mass is 10.1. The van der Waals surface area contributed by atoms with Gasteiger partial charge in [0.25, 0.3) is 5.56 Å². The lowest BCUT2D eigenvalue weighted by molar-refractivity contribution is 0.626. The number of pyridine rings is 1. The molecule has 0 radical (unpaired) electrons. The highest BCUT2D eigenvalue weighted by Gasteiger charge is 2.17. The summed E-state index contributed by atoms with van der Waals surface area (Å²) in [4.78, 5) is 26.4. The Balaban J connectivity index is 1.92. The van der Waals surface area contributed by atoms with Crippen LogP contribution in [0.4, 0.5) is 4.39 Å². The lowest BCUT2D eigenvalue weighted by Gasteiger charge is -2.13. The fourth-order valence-corrected chi connectivity index (χ4v) is 3.60. The van der Waals surface area contributed by atoms with Gasteiger partial charge in [-0.2, -0.15) is 0 Å². The second kappa shape index (κ2) is 6.16. The van der Waals surface area contributed by atoms with Gasteiger partial charge in [0, 0.05) is 5.39 Å². The van der Waals surface area contributed by atoms with E-state index in [2.05, 4.69) is 0 Å². The third-order valence-electron chi connectivity index (χ3n) is 4.95. The molecule has 28 heavy (non-hydrogen) atoms. The number of aromatic nitrogens is 1. The highest BCUT2D eigenvalue weighted by molar-refractivity contribution is 6.04.